The highest BCUT2D eigenvalue weighted by Gasteiger charge is 2.24. The number of pyridine rings is 1. The lowest BCUT2D eigenvalue weighted by molar-refractivity contribution is 0.188. The van der Waals surface area contributed by atoms with Gasteiger partial charge in [0.05, 0.1) is 28.3 Å². The second kappa shape index (κ2) is 9.30. The van der Waals surface area contributed by atoms with Gasteiger partial charge in [0.1, 0.15) is 5.82 Å². The molecule has 3 heterocycles. The van der Waals surface area contributed by atoms with E-state index >= 15 is 0 Å². The van der Waals surface area contributed by atoms with Crippen LogP contribution in [0.25, 0.3) is 0 Å². The molecule has 1 atom stereocenters. The molecule has 1 aliphatic heterocycles. The van der Waals surface area contributed by atoms with Crippen LogP contribution in [0, 0.1) is 0 Å². The van der Waals surface area contributed by atoms with Crippen molar-refractivity contribution in [1.29, 1.82) is 0 Å². The molecule has 0 aliphatic carbocycles. The number of urea groups is 1. The third-order valence-electron chi connectivity index (χ3n) is 5.58. The minimum atomic E-state index is -0.218. The van der Waals surface area contributed by atoms with Crippen molar-refractivity contribution in [3.8, 4) is 0 Å². The average Bonchev–Trinajstić information content (AvgIpc) is 2.77. The molecular weight excluding hydrogens is 449 g/mol. The second-order valence-corrected chi connectivity index (χ2v) is 8.75. The zero-order valence-corrected chi connectivity index (χ0v) is 19.3. The molecule has 0 saturated carbocycles. The number of aryl methyl sites for hydroxylation is 1. The number of aromatic nitrogens is 3. The zero-order valence-electron chi connectivity index (χ0n) is 17.8. The third kappa shape index (κ3) is 4.95. The van der Waals surface area contributed by atoms with E-state index in [2.05, 4.69) is 10.3 Å². The Balaban J connectivity index is 1.44. The Bertz CT molecular complexity index is 1230. The molecule has 0 spiro atoms. The number of rotatable bonds is 4. The van der Waals surface area contributed by atoms with Gasteiger partial charge in [0, 0.05) is 38.5 Å². The van der Waals surface area contributed by atoms with Crippen molar-refractivity contribution in [2.75, 3.05) is 6.54 Å². The Morgan fingerprint density at radius 3 is 2.78 bits per heavy atom. The summed E-state index contributed by atoms with van der Waals surface area (Å²) < 4.78 is 1.54. The summed E-state index contributed by atoms with van der Waals surface area (Å²) in [5.74, 6) is 0.661. The van der Waals surface area contributed by atoms with Crippen LogP contribution in [0.1, 0.15) is 41.2 Å². The molecule has 32 heavy (non-hydrogen) atoms. The van der Waals surface area contributed by atoms with Crippen molar-refractivity contribution in [2.24, 2.45) is 7.05 Å². The van der Waals surface area contributed by atoms with Crippen molar-refractivity contribution in [3.63, 3.8) is 0 Å². The number of amides is 2. The Hall–Kier alpha value is -2.90. The van der Waals surface area contributed by atoms with Crippen molar-refractivity contribution in [1.82, 2.24) is 24.8 Å². The maximum atomic E-state index is 12.9. The number of hydrogen-bond donors (Lipinski definition) is 1. The third-order valence-corrected chi connectivity index (χ3v) is 6.31. The Morgan fingerprint density at radius 1 is 1.22 bits per heavy atom. The summed E-state index contributed by atoms with van der Waals surface area (Å²) in [6.07, 6.45) is 4.84. The standard InChI is InChI=1S/C23H23Cl2N5O2/c1-14(16-4-5-18(24)19(25)10-16)27-23(32)30-8-7-17-11-26-21(28-20(17)13-30)9-15-3-6-22(31)29(2)12-15/h3-6,10-12,14H,7-9,13H2,1-2H3,(H,27,32)/t14-/m1/s1. The number of hydrogen-bond acceptors (Lipinski definition) is 4. The molecular formula is C23H23Cl2N5O2. The molecule has 9 heteroatoms. The summed E-state index contributed by atoms with van der Waals surface area (Å²) in [6, 6.07) is 8.28. The molecule has 1 aliphatic rings. The van der Waals surface area contributed by atoms with Gasteiger partial charge in [-0.2, -0.15) is 0 Å². The predicted molar refractivity (Wildman–Crippen MR) is 124 cm³/mol. The minimum Gasteiger partial charge on any atom is -0.331 e. The Morgan fingerprint density at radius 2 is 2.03 bits per heavy atom. The number of fused-ring (bicyclic) bond motifs is 1. The van der Waals surface area contributed by atoms with Crippen LogP contribution in [0.5, 0.6) is 0 Å². The minimum absolute atomic E-state index is 0.0585. The maximum Gasteiger partial charge on any atom is 0.318 e. The van der Waals surface area contributed by atoms with Crippen molar-refractivity contribution in [3.05, 3.63) is 91.3 Å². The first-order valence-corrected chi connectivity index (χ1v) is 11.1. The molecule has 1 N–H and O–H groups in total. The number of nitrogens with one attached hydrogen (secondary N) is 1. The Labute approximate surface area is 196 Å². The van der Waals surface area contributed by atoms with E-state index in [1.807, 2.05) is 19.2 Å². The summed E-state index contributed by atoms with van der Waals surface area (Å²) >= 11 is 12.1. The first-order chi connectivity index (χ1) is 15.3. The fraction of sp³-hybridized carbons (Fsp3) is 0.304. The average molecular weight is 472 g/mol. The van der Waals surface area contributed by atoms with Gasteiger partial charge in [-0.15, -0.1) is 0 Å². The van der Waals surface area contributed by atoms with Gasteiger partial charge in [-0.05, 0) is 42.2 Å². The molecule has 1 aromatic carbocycles. The lowest BCUT2D eigenvalue weighted by Gasteiger charge is -2.29. The molecule has 0 radical (unpaired) electrons. The van der Waals surface area contributed by atoms with Crippen molar-refractivity contribution >= 4 is 29.2 Å². The quantitative estimate of drug-likeness (QED) is 0.625. The topological polar surface area (TPSA) is 80.1 Å². The van der Waals surface area contributed by atoms with Crippen LogP contribution in [-0.4, -0.2) is 32.0 Å². The predicted octanol–water partition coefficient (Wildman–Crippen LogP) is 3.90. The van der Waals surface area contributed by atoms with E-state index in [1.54, 1.807) is 36.3 Å². The molecule has 0 fully saturated rings. The molecule has 3 aromatic rings. The van der Waals surface area contributed by atoms with Gasteiger partial charge < -0.3 is 14.8 Å². The van der Waals surface area contributed by atoms with Crippen LogP contribution < -0.4 is 10.9 Å². The summed E-state index contributed by atoms with van der Waals surface area (Å²) in [5.41, 5.74) is 3.68. The maximum absolute atomic E-state index is 12.9. The largest absolute Gasteiger partial charge is 0.331 e. The van der Waals surface area contributed by atoms with Gasteiger partial charge in [0.2, 0.25) is 5.56 Å². The van der Waals surface area contributed by atoms with Gasteiger partial charge in [-0.25, -0.2) is 14.8 Å². The van der Waals surface area contributed by atoms with Crippen LogP contribution in [-0.2, 0) is 26.4 Å². The number of halogens is 2. The van der Waals surface area contributed by atoms with E-state index in [-0.39, 0.29) is 17.6 Å². The lowest BCUT2D eigenvalue weighted by atomic mass is 10.1. The van der Waals surface area contributed by atoms with Gasteiger partial charge in [0.25, 0.3) is 0 Å². The van der Waals surface area contributed by atoms with Gasteiger partial charge >= 0.3 is 6.03 Å². The molecule has 4 rings (SSSR count). The van der Waals surface area contributed by atoms with Crippen LogP contribution in [0.4, 0.5) is 4.79 Å². The SMILES string of the molecule is C[C@@H](NC(=O)N1CCc2cnc(Cc3ccc(=O)n(C)c3)nc2C1)c1ccc(Cl)c(Cl)c1. The van der Waals surface area contributed by atoms with Crippen LogP contribution in [0.2, 0.25) is 10.0 Å². The monoisotopic (exact) mass is 471 g/mol. The number of carbonyl (C=O) groups excluding carboxylic acids is 1. The van der Waals surface area contributed by atoms with E-state index in [1.165, 1.54) is 10.6 Å². The molecule has 0 unspecified atom stereocenters. The van der Waals surface area contributed by atoms with E-state index in [9.17, 15) is 9.59 Å². The van der Waals surface area contributed by atoms with Gasteiger partial charge in [-0.1, -0.05) is 35.3 Å². The fourth-order valence-electron chi connectivity index (χ4n) is 3.68. The van der Waals surface area contributed by atoms with E-state index < -0.39 is 0 Å². The summed E-state index contributed by atoms with van der Waals surface area (Å²) in [6.45, 7) is 2.91. The van der Waals surface area contributed by atoms with Gasteiger partial charge in [-0.3, -0.25) is 4.79 Å². The number of benzene rings is 1. The van der Waals surface area contributed by atoms with E-state index in [4.69, 9.17) is 28.2 Å². The highest BCUT2D eigenvalue weighted by atomic mass is 35.5. The Kier molecular flexibility index (Phi) is 6.48. The van der Waals surface area contributed by atoms with Crippen LogP contribution >= 0.6 is 23.2 Å². The normalized spacial score (nSPS) is 14.1. The first kappa shape index (κ1) is 22.3. The molecule has 2 aromatic heterocycles. The number of nitrogens with zero attached hydrogens (tertiary/aromatic N) is 4. The highest BCUT2D eigenvalue weighted by molar-refractivity contribution is 6.42. The fourth-order valence-corrected chi connectivity index (χ4v) is 3.99. The number of carbonyl (C=O) groups is 1. The molecule has 7 nitrogen and oxygen atoms in total. The molecule has 166 valence electrons. The lowest BCUT2D eigenvalue weighted by Crippen LogP contribution is -2.44. The summed E-state index contributed by atoms with van der Waals surface area (Å²) in [5, 5.41) is 3.96. The first-order valence-electron chi connectivity index (χ1n) is 10.3. The van der Waals surface area contributed by atoms with Crippen LogP contribution in [0.15, 0.2) is 47.5 Å². The highest BCUT2D eigenvalue weighted by Crippen LogP contribution is 2.26. The van der Waals surface area contributed by atoms with E-state index in [0.717, 1.165) is 22.4 Å². The smallest absolute Gasteiger partial charge is 0.318 e. The molecule has 0 saturated heterocycles. The summed E-state index contributed by atoms with van der Waals surface area (Å²) in [7, 11) is 1.72. The van der Waals surface area contributed by atoms with Crippen LogP contribution in [0.3, 0.4) is 0 Å². The second-order valence-electron chi connectivity index (χ2n) is 7.94. The molecule has 2 amide bonds. The van der Waals surface area contributed by atoms with Crippen molar-refractivity contribution in [2.45, 2.75) is 32.4 Å². The van der Waals surface area contributed by atoms with Crippen molar-refractivity contribution < 1.29 is 4.79 Å². The van der Waals surface area contributed by atoms with Gasteiger partial charge in [0.15, 0.2) is 0 Å². The summed E-state index contributed by atoms with van der Waals surface area (Å²) in [4.78, 5) is 35.4. The van der Waals surface area contributed by atoms with E-state index in [0.29, 0.717) is 41.8 Å². The molecule has 0 bridgehead atoms. The zero-order chi connectivity index (χ0) is 22.8.